The highest BCUT2D eigenvalue weighted by Gasteiger charge is 2.25. The molecule has 0 saturated heterocycles. The maximum Gasteiger partial charge on any atom is 0.311 e. The second kappa shape index (κ2) is 7.52. The molecule has 3 aromatic rings. The SMILES string of the molecule is COC(=O)Cc1cc(-c2c(-c3ccc(F)cc3)nn3c2CN(C)CC3)ccn1. The Bertz CT molecular complexity index is 1010. The van der Waals surface area contributed by atoms with E-state index in [9.17, 15) is 9.18 Å². The molecular formula is C21H21FN4O2. The molecule has 0 unspecified atom stereocenters. The minimum Gasteiger partial charge on any atom is -0.469 e. The van der Waals surface area contributed by atoms with Crippen LogP contribution in [0.4, 0.5) is 4.39 Å². The van der Waals surface area contributed by atoms with Crippen LogP contribution in [0.5, 0.6) is 0 Å². The number of benzene rings is 1. The van der Waals surface area contributed by atoms with Crippen molar-refractivity contribution in [1.82, 2.24) is 19.7 Å². The molecule has 7 heteroatoms. The Hall–Kier alpha value is -3.06. The van der Waals surface area contributed by atoms with Crippen LogP contribution in [0, 0.1) is 5.82 Å². The molecule has 144 valence electrons. The first-order valence-corrected chi connectivity index (χ1v) is 9.11. The molecule has 0 amide bonds. The average molecular weight is 380 g/mol. The van der Waals surface area contributed by atoms with E-state index in [1.807, 2.05) is 16.8 Å². The Kier molecular flexibility index (Phi) is 4.92. The number of pyridine rings is 1. The van der Waals surface area contributed by atoms with Gasteiger partial charge in [0.05, 0.1) is 31.5 Å². The number of carbonyl (C=O) groups excluding carboxylic acids is 1. The summed E-state index contributed by atoms with van der Waals surface area (Å²) >= 11 is 0. The van der Waals surface area contributed by atoms with Gasteiger partial charge in [0.2, 0.25) is 0 Å². The van der Waals surface area contributed by atoms with Gasteiger partial charge in [0, 0.05) is 30.4 Å². The number of likely N-dealkylation sites (N-methyl/N-ethyl adjacent to an activating group) is 1. The van der Waals surface area contributed by atoms with Crippen LogP contribution in [0.2, 0.25) is 0 Å². The lowest BCUT2D eigenvalue weighted by Gasteiger charge is -2.24. The molecule has 0 N–H and O–H groups in total. The summed E-state index contributed by atoms with van der Waals surface area (Å²) in [5.74, 6) is -0.613. The van der Waals surface area contributed by atoms with Gasteiger partial charge in [-0.3, -0.25) is 19.4 Å². The fraction of sp³-hybridized carbons (Fsp3) is 0.286. The lowest BCUT2D eigenvalue weighted by atomic mass is 9.98. The van der Waals surface area contributed by atoms with Crippen molar-refractivity contribution in [3.8, 4) is 22.4 Å². The van der Waals surface area contributed by atoms with E-state index in [-0.39, 0.29) is 18.2 Å². The summed E-state index contributed by atoms with van der Waals surface area (Å²) in [5.41, 5.74) is 5.33. The van der Waals surface area contributed by atoms with Gasteiger partial charge in [0.1, 0.15) is 11.5 Å². The van der Waals surface area contributed by atoms with Gasteiger partial charge in [-0.1, -0.05) is 0 Å². The number of methoxy groups -OCH3 is 1. The van der Waals surface area contributed by atoms with E-state index in [0.29, 0.717) is 5.69 Å². The first kappa shape index (κ1) is 18.3. The third-order valence-corrected chi connectivity index (χ3v) is 4.95. The average Bonchev–Trinajstić information content (AvgIpc) is 3.07. The second-order valence-corrected chi connectivity index (χ2v) is 6.93. The summed E-state index contributed by atoms with van der Waals surface area (Å²) in [5, 5.41) is 4.82. The molecule has 1 aromatic carbocycles. The van der Waals surface area contributed by atoms with Crippen LogP contribution in [-0.4, -0.2) is 46.3 Å². The van der Waals surface area contributed by atoms with Crippen LogP contribution in [-0.2, 0) is 29.0 Å². The van der Waals surface area contributed by atoms with E-state index in [4.69, 9.17) is 9.84 Å². The summed E-state index contributed by atoms with van der Waals surface area (Å²) in [4.78, 5) is 18.2. The van der Waals surface area contributed by atoms with Crippen molar-refractivity contribution in [2.75, 3.05) is 20.7 Å². The van der Waals surface area contributed by atoms with Crippen LogP contribution in [0.15, 0.2) is 42.6 Å². The highest BCUT2D eigenvalue weighted by molar-refractivity contribution is 5.83. The Balaban J connectivity index is 1.85. The zero-order valence-electron chi connectivity index (χ0n) is 15.9. The largest absolute Gasteiger partial charge is 0.469 e. The quantitative estimate of drug-likeness (QED) is 0.652. The van der Waals surface area contributed by atoms with Crippen molar-refractivity contribution in [3.63, 3.8) is 0 Å². The number of esters is 1. The van der Waals surface area contributed by atoms with Gasteiger partial charge >= 0.3 is 5.97 Å². The minimum absolute atomic E-state index is 0.111. The predicted molar refractivity (Wildman–Crippen MR) is 103 cm³/mol. The topological polar surface area (TPSA) is 60.2 Å². The van der Waals surface area contributed by atoms with E-state index in [2.05, 4.69) is 16.9 Å². The molecule has 1 aliphatic heterocycles. The van der Waals surface area contributed by atoms with Gasteiger partial charge in [-0.15, -0.1) is 0 Å². The van der Waals surface area contributed by atoms with Crippen LogP contribution in [0.3, 0.4) is 0 Å². The molecule has 0 fully saturated rings. The minimum atomic E-state index is -0.333. The smallest absolute Gasteiger partial charge is 0.311 e. The molecule has 0 atom stereocenters. The third kappa shape index (κ3) is 3.53. The molecule has 0 aliphatic carbocycles. The standard InChI is InChI=1S/C21H21FN4O2/c1-25-9-10-26-18(13-25)20(21(24-26)14-3-5-16(22)6-4-14)15-7-8-23-17(11-15)12-19(27)28-2/h3-8,11H,9-10,12-13H2,1-2H3. The molecular weight excluding hydrogens is 359 g/mol. The fourth-order valence-electron chi connectivity index (χ4n) is 3.51. The van der Waals surface area contributed by atoms with Gasteiger partial charge in [-0.2, -0.15) is 5.10 Å². The molecule has 2 aromatic heterocycles. The summed E-state index contributed by atoms with van der Waals surface area (Å²) in [6.45, 7) is 2.47. The molecule has 0 saturated carbocycles. The maximum absolute atomic E-state index is 13.4. The predicted octanol–water partition coefficient (Wildman–Crippen LogP) is 2.91. The van der Waals surface area contributed by atoms with Gasteiger partial charge in [0.15, 0.2) is 0 Å². The molecule has 28 heavy (non-hydrogen) atoms. The van der Waals surface area contributed by atoms with Gasteiger partial charge in [0.25, 0.3) is 0 Å². The molecule has 4 rings (SSSR count). The third-order valence-electron chi connectivity index (χ3n) is 4.95. The van der Waals surface area contributed by atoms with Crippen molar-refractivity contribution < 1.29 is 13.9 Å². The van der Waals surface area contributed by atoms with Gasteiger partial charge < -0.3 is 4.74 Å². The number of halogens is 1. The number of hydrogen-bond donors (Lipinski definition) is 0. The molecule has 0 spiro atoms. The molecule has 6 nitrogen and oxygen atoms in total. The van der Waals surface area contributed by atoms with Crippen molar-refractivity contribution in [2.24, 2.45) is 0 Å². The first-order chi connectivity index (χ1) is 13.5. The van der Waals surface area contributed by atoms with Gasteiger partial charge in [-0.25, -0.2) is 4.39 Å². The maximum atomic E-state index is 13.4. The Morgan fingerprint density at radius 1 is 1.18 bits per heavy atom. The van der Waals surface area contributed by atoms with Crippen LogP contribution >= 0.6 is 0 Å². The van der Waals surface area contributed by atoms with E-state index in [0.717, 1.165) is 47.7 Å². The zero-order chi connectivity index (χ0) is 19.7. The summed E-state index contributed by atoms with van der Waals surface area (Å²) in [6, 6.07) is 10.2. The highest BCUT2D eigenvalue weighted by Crippen LogP contribution is 2.36. The summed E-state index contributed by atoms with van der Waals surface area (Å²) < 4.78 is 20.2. The van der Waals surface area contributed by atoms with E-state index in [1.165, 1.54) is 19.2 Å². The number of carbonyl (C=O) groups is 1. The number of nitrogens with zero attached hydrogens (tertiary/aromatic N) is 4. The molecule has 0 radical (unpaired) electrons. The van der Waals surface area contributed by atoms with Crippen molar-refractivity contribution in [3.05, 3.63) is 59.8 Å². The van der Waals surface area contributed by atoms with E-state index in [1.54, 1.807) is 18.3 Å². The van der Waals surface area contributed by atoms with E-state index < -0.39 is 0 Å². The van der Waals surface area contributed by atoms with E-state index >= 15 is 0 Å². The molecule has 1 aliphatic rings. The number of rotatable bonds is 4. The Labute approximate surface area is 162 Å². The number of ether oxygens (including phenoxy) is 1. The number of hydrogen-bond acceptors (Lipinski definition) is 5. The van der Waals surface area contributed by atoms with Crippen LogP contribution in [0.25, 0.3) is 22.4 Å². The number of fused-ring (bicyclic) bond motifs is 1. The van der Waals surface area contributed by atoms with Crippen LogP contribution in [0.1, 0.15) is 11.4 Å². The fourth-order valence-corrected chi connectivity index (χ4v) is 3.51. The monoisotopic (exact) mass is 380 g/mol. The van der Waals surface area contributed by atoms with Crippen molar-refractivity contribution in [2.45, 2.75) is 19.5 Å². The molecule has 0 bridgehead atoms. The van der Waals surface area contributed by atoms with Crippen molar-refractivity contribution >= 4 is 5.97 Å². The number of aromatic nitrogens is 3. The highest BCUT2D eigenvalue weighted by atomic mass is 19.1. The molecule has 3 heterocycles. The normalized spacial score (nSPS) is 14.0. The first-order valence-electron chi connectivity index (χ1n) is 9.11. The Morgan fingerprint density at radius 3 is 2.71 bits per heavy atom. The zero-order valence-corrected chi connectivity index (χ0v) is 15.9. The summed E-state index contributed by atoms with van der Waals surface area (Å²) in [6.07, 6.45) is 1.80. The second-order valence-electron chi connectivity index (χ2n) is 6.93. The lowest BCUT2D eigenvalue weighted by molar-refractivity contribution is -0.139. The van der Waals surface area contributed by atoms with Crippen molar-refractivity contribution in [1.29, 1.82) is 0 Å². The van der Waals surface area contributed by atoms with Crippen LogP contribution < -0.4 is 0 Å². The lowest BCUT2D eigenvalue weighted by Crippen LogP contribution is -2.30. The Morgan fingerprint density at radius 2 is 1.96 bits per heavy atom. The summed E-state index contributed by atoms with van der Waals surface area (Å²) in [7, 11) is 3.44. The van der Waals surface area contributed by atoms with Gasteiger partial charge in [-0.05, 0) is 49.0 Å².